The molecule has 1 N–H and O–H groups in total. The maximum atomic E-state index is 5.84. The number of benzene rings is 1. The van der Waals surface area contributed by atoms with E-state index in [0.29, 0.717) is 6.04 Å². The van der Waals surface area contributed by atoms with Gasteiger partial charge in [-0.25, -0.2) is 0 Å². The summed E-state index contributed by atoms with van der Waals surface area (Å²) in [5.41, 5.74) is 1.06. The standard InChI is InChI=1S/C21H26N4OS2/c1-15(2)25-20(16-8-10-17(26-3)11-9-16)22-24(21(25)27)14-23-12-4-6-18(23)19-7-5-13-28-19/h5,7-11,13,15,18H,4,6,12,14H2,1-3H3/p+1/t18-/m0/s1. The summed E-state index contributed by atoms with van der Waals surface area (Å²) < 4.78 is 10.3. The molecule has 1 aliphatic rings. The van der Waals surface area contributed by atoms with Gasteiger partial charge in [0.15, 0.2) is 12.5 Å². The van der Waals surface area contributed by atoms with Gasteiger partial charge in [0.2, 0.25) is 4.77 Å². The van der Waals surface area contributed by atoms with Gasteiger partial charge in [0.05, 0.1) is 18.5 Å². The second-order valence-electron chi connectivity index (χ2n) is 7.57. The van der Waals surface area contributed by atoms with Crippen molar-refractivity contribution in [3.8, 4) is 17.1 Å². The summed E-state index contributed by atoms with van der Waals surface area (Å²) >= 11 is 7.70. The van der Waals surface area contributed by atoms with Gasteiger partial charge in [0.1, 0.15) is 11.8 Å². The fourth-order valence-electron chi connectivity index (χ4n) is 4.05. The van der Waals surface area contributed by atoms with Crippen molar-refractivity contribution in [1.82, 2.24) is 14.3 Å². The van der Waals surface area contributed by atoms with Crippen LogP contribution in [-0.2, 0) is 6.67 Å². The lowest BCUT2D eigenvalue weighted by atomic mass is 10.2. The Bertz CT molecular complexity index is 973. The number of nitrogens with zero attached hydrogens (tertiary/aromatic N) is 3. The normalized spacial score (nSPS) is 19.4. The van der Waals surface area contributed by atoms with Crippen LogP contribution in [0, 0.1) is 4.77 Å². The third kappa shape index (κ3) is 3.66. The summed E-state index contributed by atoms with van der Waals surface area (Å²) in [5, 5.41) is 7.13. The van der Waals surface area contributed by atoms with Gasteiger partial charge in [-0.05, 0) is 61.8 Å². The molecule has 7 heteroatoms. The Labute approximate surface area is 175 Å². The molecule has 0 aliphatic carbocycles. The van der Waals surface area contributed by atoms with Gasteiger partial charge in [-0.1, -0.05) is 6.07 Å². The number of rotatable bonds is 6. The van der Waals surface area contributed by atoms with Crippen LogP contribution in [0.1, 0.15) is 43.6 Å². The molecule has 4 rings (SSSR count). The predicted molar refractivity (Wildman–Crippen MR) is 116 cm³/mol. The van der Waals surface area contributed by atoms with Crippen molar-refractivity contribution in [3.63, 3.8) is 0 Å². The van der Waals surface area contributed by atoms with Gasteiger partial charge in [-0.2, -0.15) is 4.68 Å². The van der Waals surface area contributed by atoms with Crippen LogP contribution in [0.25, 0.3) is 11.4 Å². The van der Waals surface area contributed by atoms with Gasteiger partial charge < -0.3 is 9.64 Å². The lowest BCUT2D eigenvalue weighted by Gasteiger charge is -2.20. The average Bonchev–Trinajstić information content (AvgIpc) is 3.43. The van der Waals surface area contributed by atoms with Gasteiger partial charge in [-0.15, -0.1) is 16.4 Å². The SMILES string of the molecule is COc1ccc(-c2nn(C[NH+]3CCC[C@H]3c3cccs3)c(=S)n2C(C)C)cc1. The van der Waals surface area contributed by atoms with E-state index in [2.05, 4.69) is 48.1 Å². The molecule has 5 nitrogen and oxygen atoms in total. The first kappa shape index (κ1) is 19.4. The summed E-state index contributed by atoms with van der Waals surface area (Å²) in [6.07, 6.45) is 2.49. The molecule has 3 aromatic rings. The lowest BCUT2D eigenvalue weighted by Crippen LogP contribution is -3.09. The van der Waals surface area contributed by atoms with Crippen LogP contribution in [-0.4, -0.2) is 28.0 Å². The minimum absolute atomic E-state index is 0.250. The molecular formula is C21H27N4OS2+. The third-order valence-electron chi connectivity index (χ3n) is 5.46. The number of nitrogens with one attached hydrogen (secondary N) is 1. The van der Waals surface area contributed by atoms with Gasteiger partial charge in [-0.3, -0.25) is 4.57 Å². The Kier molecular flexibility index (Phi) is 5.66. The van der Waals surface area contributed by atoms with Gasteiger partial charge in [0, 0.05) is 24.4 Å². The molecule has 1 unspecified atom stereocenters. The lowest BCUT2D eigenvalue weighted by molar-refractivity contribution is -0.941. The Morgan fingerprint density at radius 3 is 2.71 bits per heavy atom. The number of hydrogen-bond acceptors (Lipinski definition) is 4. The maximum Gasteiger partial charge on any atom is 0.203 e. The number of hydrogen-bond donors (Lipinski definition) is 1. The Morgan fingerprint density at radius 1 is 1.29 bits per heavy atom. The minimum Gasteiger partial charge on any atom is -0.497 e. The zero-order valence-corrected chi connectivity index (χ0v) is 18.2. The molecule has 2 aromatic heterocycles. The number of ether oxygens (including phenoxy) is 1. The number of aromatic nitrogens is 3. The third-order valence-corrected chi connectivity index (χ3v) is 6.85. The first-order valence-corrected chi connectivity index (χ1v) is 11.1. The first-order chi connectivity index (χ1) is 13.6. The van der Waals surface area contributed by atoms with Crippen LogP contribution in [0.4, 0.5) is 0 Å². The van der Waals surface area contributed by atoms with E-state index in [-0.39, 0.29) is 6.04 Å². The van der Waals surface area contributed by atoms with Crippen molar-refractivity contribution in [2.24, 2.45) is 0 Å². The Hall–Kier alpha value is -1.96. The van der Waals surface area contributed by atoms with Gasteiger partial charge in [0.25, 0.3) is 0 Å². The molecule has 0 spiro atoms. The molecule has 1 aromatic carbocycles. The van der Waals surface area contributed by atoms with Crippen LogP contribution in [0.5, 0.6) is 5.75 Å². The molecule has 0 amide bonds. The number of likely N-dealkylation sites (tertiary alicyclic amines) is 1. The van der Waals surface area contributed by atoms with E-state index in [0.717, 1.165) is 35.1 Å². The van der Waals surface area contributed by atoms with Crippen molar-refractivity contribution in [3.05, 3.63) is 51.4 Å². The minimum atomic E-state index is 0.250. The monoisotopic (exact) mass is 415 g/mol. The van der Waals surface area contributed by atoms with Crippen molar-refractivity contribution >= 4 is 23.6 Å². The summed E-state index contributed by atoms with van der Waals surface area (Å²) in [6, 6.07) is 13.3. The molecule has 0 bridgehead atoms. The van der Waals surface area contributed by atoms with E-state index >= 15 is 0 Å². The highest BCUT2D eigenvalue weighted by Crippen LogP contribution is 2.26. The highest BCUT2D eigenvalue weighted by molar-refractivity contribution is 7.71. The zero-order valence-electron chi connectivity index (χ0n) is 16.6. The van der Waals surface area contributed by atoms with Crippen LogP contribution >= 0.6 is 23.6 Å². The predicted octanol–water partition coefficient (Wildman–Crippen LogP) is 4.11. The smallest absolute Gasteiger partial charge is 0.203 e. The molecule has 1 saturated heterocycles. The van der Waals surface area contributed by atoms with E-state index in [9.17, 15) is 0 Å². The zero-order chi connectivity index (χ0) is 19.7. The largest absolute Gasteiger partial charge is 0.497 e. The molecular weight excluding hydrogens is 388 g/mol. The first-order valence-electron chi connectivity index (χ1n) is 9.80. The van der Waals surface area contributed by atoms with Crippen molar-refractivity contribution < 1.29 is 9.64 Å². The average molecular weight is 416 g/mol. The number of methoxy groups -OCH3 is 1. The number of quaternary nitrogens is 1. The second kappa shape index (κ2) is 8.19. The van der Waals surface area contributed by atoms with E-state index in [1.165, 1.54) is 17.7 Å². The highest BCUT2D eigenvalue weighted by Gasteiger charge is 2.31. The van der Waals surface area contributed by atoms with Crippen molar-refractivity contribution in [2.45, 2.75) is 45.4 Å². The van der Waals surface area contributed by atoms with Crippen molar-refractivity contribution in [1.29, 1.82) is 0 Å². The molecule has 3 heterocycles. The summed E-state index contributed by atoms with van der Waals surface area (Å²) in [5.74, 6) is 1.77. The Morgan fingerprint density at radius 2 is 2.07 bits per heavy atom. The van der Waals surface area contributed by atoms with Crippen LogP contribution in [0.15, 0.2) is 41.8 Å². The summed E-state index contributed by atoms with van der Waals surface area (Å²) in [7, 11) is 1.68. The molecule has 2 atom stereocenters. The van der Waals surface area contributed by atoms with E-state index in [1.54, 1.807) is 12.0 Å². The van der Waals surface area contributed by atoms with Crippen LogP contribution in [0.3, 0.4) is 0 Å². The van der Waals surface area contributed by atoms with Crippen molar-refractivity contribution in [2.75, 3.05) is 13.7 Å². The molecule has 0 saturated carbocycles. The highest BCUT2D eigenvalue weighted by atomic mass is 32.1. The quantitative estimate of drug-likeness (QED) is 0.616. The number of thiophene rings is 1. The Balaban J connectivity index is 1.67. The van der Waals surface area contributed by atoms with E-state index in [1.807, 2.05) is 28.2 Å². The topological polar surface area (TPSA) is 36.4 Å². The summed E-state index contributed by atoms with van der Waals surface area (Å²) in [4.78, 5) is 3.02. The van der Waals surface area contributed by atoms with Gasteiger partial charge >= 0.3 is 0 Å². The fourth-order valence-corrected chi connectivity index (χ4v) is 5.37. The molecule has 0 radical (unpaired) electrons. The van der Waals surface area contributed by atoms with E-state index < -0.39 is 0 Å². The second-order valence-corrected chi connectivity index (χ2v) is 8.92. The maximum absolute atomic E-state index is 5.84. The molecule has 1 aliphatic heterocycles. The molecule has 148 valence electrons. The van der Waals surface area contributed by atoms with Crippen LogP contribution < -0.4 is 9.64 Å². The summed E-state index contributed by atoms with van der Waals surface area (Å²) in [6.45, 7) is 6.29. The van der Waals surface area contributed by atoms with E-state index in [4.69, 9.17) is 22.1 Å². The molecule has 28 heavy (non-hydrogen) atoms. The fraction of sp³-hybridized carbons (Fsp3) is 0.429. The van der Waals surface area contributed by atoms with Crippen LogP contribution in [0.2, 0.25) is 0 Å². The molecule has 1 fully saturated rings.